The van der Waals surface area contributed by atoms with Gasteiger partial charge in [-0.05, 0) is 13.0 Å². The molecule has 0 amide bonds. The lowest BCUT2D eigenvalue weighted by Gasteiger charge is -2.15. The fourth-order valence-electron chi connectivity index (χ4n) is 2.49. The fourth-order valence-corrected chi connectivity index (χ4v) is 2.49. The standard InChI is InChI=1S/C17H17NO2/c1-11-7-8-15(19-2)14(9-11)16(18)17-13-6-4-3-5-12(13)10-20-17/h3-10,16H,18H2,1-2H3. The van der Waals surface area contributed by atoms with Crippen molar-refractivity contribution in [2.24, 2.45) is 5.73 Å². The largest absolute Gasteiger partial charge is 0.496 e. The van der Waals surface area contributed by atoms with Crippen molar-refractivity contribution in [1.82, 2.24) is 0 Å². The number of benzene rings is 2. The van der Waals surface area contributed by atoms with Crippen LogP contribution in [0.4, 0.5) is 0 Å². The number of hydrogen-bond acceptors (Lipinski definition) is 3. The summed E-state index contributed by atoms with van der Waals surface area (Å²) in [5.41, 5.74) is 8.48. The van der Waals surface area contributed by atoms with Crippen LogP contribution in [-0.4, -0.2) is 7.11 Å². The highest BCUT2D eigenvalue weighted by atomic mass is 16.5. The zero-order valence-electron chi connectivity index (χ0n) is 11.6. The Morgan fingerprint density at radius 2 is 1.95 bits per heavy atom. The van der Waals surface area contributed by atoms with E-state index in [1.807, 2.05) is 49.4 Å². The van der Waals surface area contributed by atoms with Crippen LogP contribution in [0.5, 0.6) is 5.75 Å². The number of fused-ring (bicyclic) bond motifs is 1. The van der Waals surface area contributed by atoms with E-state index >= 15 is 0 Å². The second-order valence-corrected chi connectivity index (χ2v) is 4.91. The van der Waals surface area contributed by atoms with Gasteiger partial charge >= 0.3 is 0 Å². The molecule has 0 saturated carbocycles. The number of ether oxygens (including phenoxy) is 1. The maximum absolute atomic E-state index is 6.40. The normalized spacial score (nSPS) is 12.6. The van der Waals surface area contributed by atoms with Gasteiger partial charge in [0.2, 0.25) is 0 Å². The van der Waals surface area contributed by atoms with Crippen molar-refractivity contribution in [2.75, 3.05) is 7.11 Å². The highest BCUT2D eigenvalue weighted by molar-refractivity contribution is 5.84. The second-order valence-electron chi connectivity index (χ2n) is 4.91. The maximum atomic E-state index is 6.40. The summed E-state index contributed by atoms with van der Waals surface area (Å²) in [6, 6.07) is 13.7. The summed E-state index contributed by atoms with van der Waals surface area (Å²) < 4.78 is 11.1. The Labute approximate surface area is 118 Å². The van der Waals surface area contributed by atoms with Gasteiger partial charge in [-0.15, -0.1) is 0 Å². The Kier molecular flexibility index (Phi) is 3.20. The third-order valence-electron chi connectivity index (χ3n) is 3.54. The molecular formula is C17H17NO2. The zero-order chi connectivity index (χ0) is 14.1. The van der Waals surface area contributed by atoms with Gasteiger partial charge in [-0.25, -0.2) is 0 Å². The molecule has 1 heterocycles. The van der Waals surface area contributed by atoms with Crippen molar-refractivity contribution < 1.29 is 9.15 Å². The van der Waals surface area contributed by atoms with Crippen molar-refractivity contribution in [2.45, 2.75) is 13.0 Å². The van der Waals surface area contributed by atoms with Crippen molar-refractivity contribution in [3.8, 4) is 5.75 Å². The number of aryl methyl sites for hydroxylation is 1. The average molecular weight is 267 g/mol. The molecule has 3 rings (SSSR count). The van der Waals surface area contributed by atoms with Crippen molar-refractivity contribution in [3.63, 3.8) is 0 Å². The van der Waals surface area contributed by atoms with Gasteiger partial charge in [0.15, 0.2) is 0 Å². The lowest BCUT2D eigenvalue weighted by atomic mass is 9.99. The van der Waals surface area contributed by atoms with Gasteiger partial charge in [0.05, 0.1) is 19.4 Å². The molecule has 0 aliphatic carbocycles. The molecule has 3 heteroatoms. The van der Waals surface area contributed by atoms with E-state index in [4.69, 9.17) is 14.9 Å². The predicted molar refractivity (Wildman–Crippen MR) is 80.0 cm³/mol. The van der Waals surface area contributed by atoms with Crippen molar-refractivity contribution in [3.05, 3.63) is 65.6 Å². The van der Waals surface area contributed by atoms with E-state index in [1.165, 1.54) is 0 Å². The van der Waals surface area contributed by atoms with Gasteiger partial charge in [0.1, 0.15) is 11.5 Å². The van der Waals surface area contributed by atoms with Crippen LogP contribution < -0.4 is 10.5 Å². The highest BCUT2D eigenvalue weighted by Gasteiger charge is 2.19. The molecule has 1 aromatic heterocycles. The summed E-state index contributed by atoms with van der Waals surface area (Å²) in [7, 11) is 1.65. The van der Waals surface area contributed by atoms with E-state index in [0.717, 1.165) is 33.4 Å². The van der Waals surface area contributed by atoms with Gasteiger partial charge in [-0.1, -0.05) is 42.0 Å². The summed E-state index contributed by atoms with van der Waals surface area (Å²) in [4.78, 5) is 0. The summed E-state index contributed by atoms with van der Waals surface area (Å²) in [6.07, 6.45) is 1.74. The van der Waals surface area contributed by atoms with E-state index in [2.05, 4.69) is 0 Å². The zero-order valence-corrected chi connectivity index (χ0v) is 11.6. The van der Waals surface area contributed by atoms with E-state index < -0.39 is 0 Å². The molecule has 0 saturated heterocycles. The number of hydrogen-bond donors (Lipinski definition) is 1. The van der Waals surface area contributed by atoms with Gasteiger partial charge in [0, 0.05) is 16.3 Å². The average Bonchev–Trinajstić information content (AvgIpc) is 2.90. The molecule has 0 aliphatic rings. The van der Waals surface area contributed by atoms with Crippen LogP contribution in [0, 0.1) is 6.92 Å². The summed E-state index contributed by atoms with van der Waals surface area (Å²) in [5, 5.41) is 2.10. The first kappa shape index (κ1) is 12.8. The molecule has 1 atom stereocenters. The smallest absolute Gasteiger partial charge is 0.132 e. The summed E-state index contributed by atoms with van der Waals surface area (Å²) in [6.45, 7) is 2.04. The van der Waals surface area contributed by atoms with Crippen LogP contribution in [-0.2, 0) is 0 Å². The topological polar surface area (TPSA) is 48.4 Å². The molecule has 0 fully saturated rings. The van der Waals surface area contributed by atoms with Crippen LogP contribution in [0.3, 0.4) is 0 Å². The third-order valence-corrected chi connectivity index (χ3v) is 3.54. The molecule has 0 aliphatic heterocycles. The summed E-state index contributed by atoms with van der Waals surface area (Å²) >= 11 is 0. The van der Waals surface area contributed by atoms with Gasteiger partial charge < -0.3 is 14.9 Å². The van der Waals surface area contributed by atoms with Crippen molar-refractivity contribution >= 4 is 10.8 Å². The molecule has 0 bridgehead atoms. The number of rotatable bonds is 3. The Balaban J connectivity index is 2.13. The monoisotopic (exact) mass is 267 g/mol. The molecule has 2 N–H and O–H groups in total. The second kappa shape index (κ2) is 5.02. The summed E-state index contributed by atoms with van der Waals surface area (Å²) in [5.74, 6) is 1.55. The number of furan rings is 1. The van der Waals surface area contributed by atoms with Crippen molar-refractivity contribution in [1.29, 1.82) is 0 Å². The van der Waals surface area contributed by atoms with Gasteiger partial charge in [-0.2, -0.15) is 0 Å². The van der Waals surface area contributed by atoms with Gasteiger partial charge in [0.25, 0.3) is 0 Å². The first-order chi connectivity index (χ1) is 9.70. The Hall–Kier alpha value is -2.26. The molecule has 0 spiro atoms. The third kappa shape index (κ3) is 2.06. The number of nitrogens with two attached hydrogens (primary N) is 1. The molecule has 2 aromatic carbocycles. The minimum absolute atomic E-state index is 0.343. The van der Waals surface area contributed by atoms with Crippen LogP contribution in [0.2, 0.25) is 0 Å². The van der Waals surface area contributed by atoms with Gasteiger partial charge in [-0.3, -0.25) is 0 Å². The Bertz CT molecular complexity index is 746. The number of methoxy groups -OCH3 is 1. The molecule has 20 heavy (non-hydrogen) atoms. The first-order valence-corrected chi connectivity index (χ1v) is 6.57. The van der Waals surface area contributed by atoms with E-state index in [-0.39, 0.29) is 6.04 Å². The molecule has 1 unspecified atom stereocenters. The van der Waals surface area contributed by atoms with Crippen LogP contribution >= 0.6 is 0 Å². The molecule has 3 aromatic rings. The molecule has 102 valence electrons. The highest BCUT2D eigenvalue weighted by Crippen LogP contribution is 2.33. The lowest BCUT2D eigenvalue weighted by Crippen LogP contribution is -2.12. The predicted octanol–water partition coefficient (Wildman–Crippen LogP) is 3.80. The fraction of sp³-hybridized carbons (Fsp3) is 0.176. The SMILES string of the molecule is COc1ccc(C)cc1C(N)c1occ2ccccc12. The van der Waals surface area contributed by atoms with E-state index in [0.29, 0.717) is 0 Å². The van der Waals surface area contributed by atoms with Crippen LogP contribution in [0.25, 0.3) is 10.8 Å². The minimum atomic E-state index is -0.343. The molecule has 0 radical (unpaired) electrons. The lowest BCUT2D eigenvalue weighted by molar-refractivity contribution is 0.403. The molecular weight excluding hydrogens is 250 g/mol. The Morgan fingerprint density at radius 1 is 1.15 bits per heavy atom. The minimum Gasteiger partial charge on any atom is -0.496 e. The molecule has 3 nitrogen and oxygen atoms in total. The Morgan fingerprint density at radius 3 is 2.75 bits per heavy atom. The van der Waals surface area contributed by atoms with Crippen LogP contribution in [0.1, 0.15) is 22.9 Å². The van der Waals surface area contributed by atoms with E-state index in [1.54, 1.807) is 13.4 Å². The van der Waals surface area contributed by atoms with E-state index in [9.17, 15) is 0 Å². The van der Waals surface area contributed by atoms with Crippen LogP contribution in [0.15, 0.2) is 53.1 Å². The maximum Gasteiger partial charge on any atom is 0.132 e. The first-order valence-electron chi connectivity index (χ1n) is 6.57. The quantitative estimate of drug-likeness (QED) is 0.785.